The van der Waals surface area contributed by atoms with Crippen LogP contribution < -0.4 is 9.62 Å². The second kappa shape index (κ2) is 6.85. The Kier molecular flexibility index (Phi) is 4.75. The number of nitrogens with one attached hydrogen (secondary N) is 1. The number of hydrogen-bond acceptors (Lipinski definition) is 5. The van der Waals surface area contributed by atoms with Gasteiger partial charge in [-0.15, -0.1) is 0 Å². The van der Waals surface area contributed by atoms with Crippen molar-refractivity contribution in [3.05, 3.63) is 64.2 Å². The molecule has 1 atom stereocenters. The molecule has 2 aromatic carbocycles. The summed E-state index contributed by atoms with van der Waals surface area (Å²) in [7, 11) is -4.07. The number of fused-ring (bicyclic) bond motifs is 1. The molecule has 8 nitrogen and oxygen atoms in total. The number of non-ortho nitro benzene ring substituents is 1. The molecule has 3 rings (SSSR count). The smallest absolute Gasteiger partial charge is 0.270 e. The van der Waals surface area contributed by atoms with Crippen LogP contribution in [-0.2, 0) is 21.2 Å². The van der Waals surface area contributed by atoms with Gasteiger partial charge < -0.3 is 4.90 Å². The van der Waals surface area contributed by atoms with Crippen LogP contribution in [0.2, 0.25) is 0 Å². The molecule has 0 aliphatic carbocycles. The van der Waals surface area contributed by atoms with Gasteiger partial charge in [-0.3, -0.25) is 14.9 Å². The van der Waals surface area contributed by atoms with E-state index in [4.69, 9.17) is 0 Å². The fourth-order valence-electron chi connectivity index (χ4n) is 2.92. The summed E-state index contributed by atoms with van der Waals surface area (Å²) in [6.07, 6.45) is 0.715. The van der Waals surface area contributed by atoms with Gasteiger partial charge in [-0.2, -0.15) is 4.72 Å². The zero-order chi connectivity index (χ0) is 18.9. The molecule has 0 radical (unpaired) electrons. The monoisotopic (exact) mass is 375 g/mol. The molecular formula is C17H17N3O5S. The van der Waals surface area contributed by atoms with Gasteiger partial charge in [-0.25, -0.2) is 8.42 Å². The van der Waals surface area contributed by atoms with E-state index in [1.807, 2.05) is 24.3 Å². The molecule has 136 valence electrons. The highest BCUT2D eigenvalue weighted by Gasteiger charge is 2.30. The zero-order valence-corrected chi connectivity index (χ0v) is 14.8. The molecule has 1 aliphatic heterocycles. The first-order valence-electron chi connectivity index (χ1n) is 7.95. The fraction of sp³-hybridized carbons (Fsp3) is 0.235. The first-order valence-corrected chi connectivity index (χ1v) is 9.44. The number of para-hydroxylation sites is 1. The number of rotatable bonds is 5. The lowest BCUT2D eigenvalue weighted by atomic mass is 10.2. The number of carbonyl (C=O) groups is 1. The van der Waals surface area contributed by atoms with E-state index in [1.165, 1.54) is 25.1 Å². The lowest BCUT2D eigenvalue weighted by Crippen LogP contribution is -2.46. The molecule has 0 spiro atoms. The maximum atomic E-state index is 12.7. The number of amides is 1. The average molecular weight is 375 g/mol. The second-order valence-electron chi connectivity index (χ2n) is 5.97. The van der Waals surface area contributed by atoms with Gasteiger partial charge in [-0.1, -0.05) is 24.3 Å². The van der Waals surface area contributed by atoms with Crippen LogP contribution in [0.3, 0.4) is 0 Å². The standard InChI is InChI=1S/C17H17N3O5S/c1-12(17(21)19-10-9-13-5-2-3-8-16(13)19)18-26(24,25)15-7-4-6-14(11-15)20(22)23/h2-8,11-12,18H,9-10H2,1H3/t12-/m0/s1. The van der Waals surface area contributed by atoms with E-state index in [2.05, 4.69) is 4.72 Å². The van der Waals surface area contributed by atoms with Crippen molar-refractivity contribution in [2.75, 3.05) is 11.4 Å². The highest BCUT2D eigenvalue weighted by atomic mass is 32.2. The van der Waals surface area contributed by atoms with Crippen LogP contribution in [0.5, 0.6) is 0 Å². The molecular weight excluding hydrogens is 358 g/mol. The van der Waals surface area contributed by atoms with Crippen LogP contribution in [0.15, 0.2) is 53.4 Å². The van der Waals surface area contributed by atoms with E-state index < -0.39 is 21.0 Å². The van der Waals surface area contributed by atoms with Gasteiger partial charge in [0, 0.05) is 24.4 Å². The van der Waals surface area contributed by atoms with Crippen LogP contribution in [0.25, 0.3) is 0 Å². The van der Waals surface area contributed by atoms with E-state index >= 15 is 0 Å². The molecule has 9 heteroatoms. The Labute approximate surface area is 150 Å². The fourth-order valence-corrected chi connectivity index (χ4v) is 4.15. The number of sulfonamides is 1. The summed E-state index contributed by atoms with van der Waals surface area (Å²) < 4.78 is 27.3. The van der Waals surface area contributed by atoms with E-state index in [9.17, 15) is 23.3 Å². The number of nitro groups is 1. The van der Waals surface area contributed by atoms with Crippen LogP contribution in [-0.4, -0.2) is 31.8 Å². The van der Waals surface area contributed by atoms with E-state index in [-0.39, 0.29) is 16.5 Å². The molecule has 1 amide bonds. The third-order valence-electron chi connectivity index (χ3n) is 4.19. The first-order chi connectivity index (χ1) is 12.3. The molecule has 2 aromatic rings. The SMILES string of the molecule is C[C@H](NS(=O)(=O)c1cccc([N+](=O)[O-])c1)C(=O)N1CCc2ccccc21. The Balaban J connectivity index is 1.79. The highest BCUT2D eigenvalue weighted by molar-refractivity contribution is 7.89. The third kappa shape index (κ3) is 3.44. The van der Waals surface area contributed by atoms with Crippen LogP contribution in [0.1, 0.15) is 12.5 Å². The quantitative estimate of drug-likeness (QED) is 0.633. The van der Waals surface area contributed by atoms with Crippen molar-refractivity contribution in [1.82, 2.24) is 4.72 Å². The third-order valence-corrected chi connectivity index (χ3v) is 5.73. The molecule has 0 saturated heterocycles. The van der Waals surface area contributed by atoms with Gasteiger partial charge in [0.2, 0.25) is 15.9 Å². The predicted molar refractivity (Wildman–Crippen MR) is 95.4 cm³/mol. The molecule has 0 saturated carbocycles. The van der Waals surface area contributed by atoms with Gasteiger partial charge in [0.1, 0.15) is 0 Å². The Bertz CT molecular complexity index is 974. The van der Waals surface area contributed by atoms with Crippen LogP contribution >= 0.6 is 0 Å². The summed E-state index contributed by atoms with van der Waals surface area (Å²) in [5, 5.41) is 10.8. The Hall–Kier alpha value is -2.78. The van der Waals surface area contributed by atoms with Crippen molar-refractivity contribution in [2.24, 2.45) is 0 Å². The molecule has 26 heavy (non-hydrogen) atoms. The van der Waals surface area contributed by atoms with Gasteiger partial charge in [0.25, 0.3) is 5.69 Å². The second-order valence-corrected chi connectivity index (χ2v) is 7.68. The molecule has 1 heterocycles. The van der Waals surface area contributed by atoms with Crippen molar-refractivity contribution in [2.45, 2.75) is 24.3 Å². The molecule has 0 bridgehead atoms. The minimum Gasteiger partial charge on any atom is -0.310 e. The summed E-state index contributed by atoms with van der Waals surface area (Å²) in [4.78, 5) is 24.1. The lowest BCUT2D eigenvalue weighted by molar-refractivity contribution is -0.385. The Morgan fingerprint density at radius 3 is 2.69 bits per heavy atom. The summed E-state index contributed by atoms with van der Waals surface area (Å²) in [6, 6.07) is 11.2. The number of anilines is 1. The molecule has 1 N–H and O–H groups in total. The van der Waals surface area contributed by atoms with Gasteiger partial charge in [0.15, 0.2) is 0 Å². The van der Waals surface area contributed by atoms with E-state index in [0.29, 0.717) is 13.0 Å². The Morgan fingerprint density at radius 1 is 1.23 bits per heavy atom. The largest absolute Gasteiger partial charge is 0.310 e. The summed E-state index contributed by atoms with van der Waals surface area (Å²) in [5.74, 6) is -0.371. The number of benzene rings is 2. The van der Waals surface area contributed by atoms with Gasteiger partial charge in [-0.05, 0) is 31.0 Å². The van der Waals surface area contributed by atoms with Crippen molar-refractivity contribution in [1.29, 1.82) is 0 Å². The van der Waals surface area contributed by atoms with Crippen molar-refractivity contribution >= 4 is 27.3 Å². The van der Waals surface area contributed by atoms with Crippen molar-refractivity contribution in [3.8, 4) is 0 Å². The molecule has 0 aromatic heterocycles. The first kappa shape index (κ1) is 18.0. The summed E-state index contributed by atoms with van der Waals surface area (Å²) >= 11 is 0. The average Bonchev–Trinajstić information content (AvgIpc) is 3.04. The van der Waals surface area contributed by atoms with Gasteiger partial charge in [0.05, 0.1) is 15.9 Å². The maximum Gasteiger partial charge on any atom is 0.270 e. The molecule has 0 unspecified atom stereocenters. The summed E-state index contributed by atoms with van der Waals surface area (Å²) in [6.45, 7) is 1.94. The van der Waals surface area contributed by atoms with Crippen LogP contribution in [0, 0.1) is 10.1 Å². The number of carbonyl (C=O) groups excluding carboxylic acids is 1. The minimum atomic E-state index is -4.07. The maximum absolute atomic E-state index is 12.7. The minimum absolute atomic E-state index is 0.256. The number of nitro benzene ring substituents is 1. The van der Waals surface area contributed by atoms with E-state index in [1.54, 1.807) is 4.90 Å². The Morgan fingerprint density at radius 2 is 1.96 bits per heavy atom. The van der Waals surface area contributed by atoms with Crippen molar-refractivity contribution in [3.63, 3.8) is 0 Å². The van der Waals surface area contributed by atoms with Crippen molar-refractivity contribution < 1.29 is 18.1 Å². The molecule has 0 fully saturated rings. The lowest BCUT2D eigenvalue weighted by Gasteiger charge is -2.22. The zero-order valence-electron chi connectivity index (χ0n) is 14.0. The molecule has 1 aliphatic rings. The number of nitrogens with zero attached hydrogens (tertiary/aromatic N) is 2. The predicted octanol–water partition coefficient (Wildman–Crippen LogP) is 1.85. The normalized spacial score (nSPS) is 14.7. The van der Waals surface area contributed by atoms with Crippen LogP contribution in [0.4, 0.5) is 11.4 Å². The van der Waals surface area contributed by atoms with E-state index in [0.717, 1.165) is 17.3 Å². The topological polar surface area (TPSA) is 110 Å². The highest BCUT2D eigenvalue weighted by Crippen LogP contribution is 2.28. The van der Waals surface area contributed by atoms with Gasteiger partial charge >= 0.3 is 0 Å². The summed E-state index contributed by atoms with van der Waals surface area (Å²) in [5.41, 5.74) is 1.48. The number of hydrogen-bond donors (Lipinski definition) is 1.